The summed E-state index contributed by atoms with van der Waals surface area (Å²) >= 11 is 0. The molecule has 30 heavy (non-hydrogen) atoms. The van der Waals surface area contributed by atoms with Gasteiger partial charge in [-0.3, -0.25) is 4.98 Å². The second kappa shape index (κ2) is 7.36. The minimum atomic E-state index is -0.111. The standard InChI is InChI=1S/C27H39NO2/c1-17-13-21(16-28-15-17)30-18(2)23-7-8-24-22-6-5-19-14-20(29)9-11-26(19,3)25(22)10-12-27(23,24)4/h5,13,15-16,18,20,22-25,29H,6-12,14H2,1-4H3/t18?,20-,22-,23+,24-,25-,26-,27+/m0/s1. The fraction of sp³-hybridized carbons (Fsp3) is 0.741. The van der Waals surface area contributed by atoms with Crippen molar-refractivity contribution >= 4 is 0 Å². The Hall–Kier alpha value is -1.35. The summed E-state index contributed by atoms with van der Waals surface area (Å²) in [6.07, 6.45) is 16.0. The van der Waals surface area contributed by atoms with Gasteiger partial charge < -0.3 is 9.84 Å². The Morgan fingerprint density at radius 2 is 1.93 bits per heavy atom. The van der Waals surface area contributed by atoms with Crippen molar-refractivity contribution in [2.75, 3.05) is 0 Å². The van der Waals surface area contributed by atoms with Crippen molar-refractivity contribution in [1.29, 1.82) is 0 Å². The van der Waals surface area contributed by atoms with Gasteiger partial charge in [0.05, 0.1) is 18.4 Å². The maximum Gasteiger partial charge on any atom is 0.138 e. The maximum atomic E-state index is 10.2. The number of aliphatic hydroxyl groups excluding tert-OH is 1. The quantitative estimate of drug-likeness (QED) is 0.614. The van der Waals surface area contributed by atoms with Gasteiger partial charge in [0.1, 0.15) is 5.75 Å². The molecule has 0 bridgehead atoms. The fourth-order valence-electron chi connectivity index (χ4n) is 8.34. The molecule has 4 aliphatic carbocycles. The van der Waals surface area contributed by atoms with E-state index in [0.717, 1.165) is 41.9 Å². The van der Waals surface area contributed by atoms with Gasteiger partial charge >= 0.3 is 0 Å². The van der Waals surface area contributed by atoms with E-state index in [1.165, 1.54) is 38.5 Å². The van der Waals surface area contributed by atoms with Crippen LogP contribution in [0, 0.1) is 41.4 Å². The average molecular weight is 410 g/mol. The highest BCUT2D eigenvalue weighted by Crippen LogP contribution is 2.66. The van der Waals surface area contributed by atoms with Crippen LogP contribution < -0.4 is 4.74 Å². The highest BCUT2D eigenvalue weighted by molar-refractivity contribution is 5.26. The van der Waals surface area contributed by atoms with Crippen LogP contribution >= 0.6 is 0 Å². The van der Waals surface area contributed by atoms with E-state index in [1.54, 1.807) is 5.57 Å². The molecule has 1 N–H and O–H groups in total. The molecule has 1 aromatic rings. The van der Waals surface area contributed by atoms with Crippen molar-refractivity contribution in [2.45, 2.75) is 91.3 Å². The molecular weight excluding hydrogens is 370 g/mol. The number of pyridine rings is 1. The number of aliphatic hydroxyl groups is 1. The van der Waals surface area contributed by atoms with E-state index in [2.05, 4.69) is 44.8 Å². The molecule has 8 atom stereocenters. The van der Waals surface area contributed by atoms with E-state index >= 15 is 0 Å². The molecule has 3 fully saturated rings. The van der Waals surface area contributed by atoms with E-state index in [4.69, 9.17) is 4.74 Å². The molecule has 3 saturated carbocycles. The molecule has 1 heterocycles. The monoisotopic (exact) mass is 409 g/mol. The zero-order chi connectivity index (χ0) is 21.1. The Balaban J connectivity index is 1.36. The normalized spacial score (nSPS) is 43.8. The fourth-order valence-corrected chi connectivity index (χ4v) is 8.34. The van der Waals surface area contributed by atoms with Crippen molar-refractivity contribution in [3.8, 4) is 5.75 Å². The largest absolute Gasteiger partial charge is 0.489 e. The van der Waals surface area contributed by atoms with Crippen LogP contribution in [0.4, 0.5) is 0 Å². The smallest absolute Gasteiger partial charge is 0.138 e. The second-order valence-corrected chi connectivity index (χ2v) is 11.4. The molecular formula is C27H39NO2. The highest BCUT2D eigenvalue weighted by atomic mass is 16.5. The van der Waals surface area contributed by atoms with Crippen LogP contribution in [0.1, 0.15) is 77.7 Å². The first kappa shape index (κ1) is 20.5. The topological polar surface area (TPSA) is 42.4 Å². The molecule has 1 aromatic heterocycles. The number of ether oxygens (including phenoxy) is 1. The molecule has 0 aliphatic heterocycles. The van der Waals surface area contributed by atoms with Gasteiger partial charge in [-0.05, 0) is 105 Å². The third kappa shape index (κ3) is 3.15. The number of allylic oxidation sites excluding steroid dienone is 1. The lowest BCUT2D eigenvalue weighted by Crippen LogP contribution is -2.51. The third-order valence-corrected chi connectivity index (χ3v) is 9.89. The van der Waals surface area contributed by atoms with Crippen LogP contribution in [0.25, 0.3) is 0 Å². The van der Waals surface area contributed by atoms with E-state index < -0.39 is 0 Å². The number of hydrogen-bond donors (Lipinski definition) is 1. The number of aryl methyl sites for hydroxylation is 1. The van der Waals surface area contributed by atoms with Gasteiger partial charge in [-0.1, -0.05) is 25.5 Å². The Bertz CT molecular complexity index is 834. The molecule has 1 unspecified atom stereocenters. The van der Waals surface area contributed by atoms with Crippen molar-refractivity contribution in [3.63, 3.8) is 0 Å². The summed E-state index contributed by atoms with van der Waals surface area (Å²) in [4.78, 5) is 4.32. The number of rotatable bonds is 3. The summed E-state index contributed by atoms with van der Waals surface area (Å²) in [5, 5.41) is 10.2. The molecule has 5 rings (SSSR count). The van der Waals surface area contributed by atoms with Gasteiger partial charge in [0.15, 0.2) is 0 Å². The minimum Gasteiger partial charge on any atom is -0.489 e. The Morgan fingerprint density at radius 1 is 1.10 bits per heavy atom. The molecule has 3 heteroatoms. The van der Waals surface area contributed by atoms with Crippen LogP contribution in [0.5, 0.6) is 5.75 Å². The van der Waals surface area contributed by atoms with Gasteiger partial charge in [-0.2, -0.15) is 0 Å². The summed E-state index contributed by atoms with van der Waals surface area (Å²) in [5.41, 5.74) is 3.45. The number of nitrogens with zero attached hydrogens (tertiary/aromatic N) is 1. The molecule has 0 saturated heterocycles. The predicted octanol–water partition coefficient (Wildman–Crippen LogP) is 6.10. The zero-order valence-corrected chi connectivity index (χ0v) is 19.2. The Labute approximate surface area is 182 Å². The SMILES string of the molecule is Cc1cncc(OC(C)[C@H]2CC[C@H]3[C@@H]4CC=C5C[C@@H](O)CC[C@]5(C)[C@H]4CC[C@]23C)c1. The number of fused-ring (bicyclic) bond motifs is 5. The molecule has 0 amide bonds. The summed E-state index contributed by atoms with van der Waals surface area (Å²) in [7, 11) is 0. The molecule has 0 radical (unpaired) electrons. The number of hydrogen-bond acceptors (Lipinski definition) is 3. The van der Waals surface area contributed by atoms with E-state index in [1.807, 2.05) is 12.4 Å². The van der Waals surface area contributed by atoms with Crippen molar-refractivity contribution in [2.24, 2.45) is 34.5 Å². The van der Waals surface area contributed by atoms with Gasteiger partial charge in [-0.25, -0.2) is 0 Å². The van der Waals surface area contributed by atoms with Crippen LogP contribution in [0.3, 0.4) is 0 Å². The maximum absolute atomic E-state index is 10.2. The molecule has 4 aliphatic rings. The van der Waals surface area contributed by atoms with Crippen LogP contribution in [-0.2, 0) is 0 Å². The first-order valence-electron chi connectivity index (χ1n) is 12.3. The van der Waals surface area contributed by atoms with Crippen molar-refractivity contribution in [3.05, 3.63) is 35.7 Å². The minimum absolute atomic E-state index is 0.111. The van der Waals surface area contributed by atoms with Gasteiger partial charge in [0.25, 0.3) is 0 Å². The molecule has 3 nitrogen and oxygen atoms in total. The summed E-state index contributed by atoms with van der Waals surface area (Å²) < 4.78 is 6.44. The van der Waals surface area contributed by atoms with Crippen molar-refractivity contribution < 1.29 is 9.84 Å². The third-order valence-electron chi connectivity index (χ3n) is 9.89. The van der Waals surface area contributed by atoms with Crippen LogP contribution in [-0.4, -0.2) is 22.3 Å². The van der Waals surface area contributed by atoms with E-state index in [-0.39, 0.29) is 12.2 Å². The molecule has 0 spiro atoms. The Kier molecular flexibility index (Phi) is 5.04. The lowest BCUT2D eigenvalue weighted by molar-refractivity contribution is -0.0643. The van der Waals surface area contributed by atoms with Crippen molar-refractivity contribution in [1.82, 2.24) is 4.98 Å². The van der Waals surface area contributed by atoms with Gasteiger partial charge in [0, 0.05) is 12.1 Å². The average Bonchev–Trinajstić information content (AvgIpc) is 3.06. The molecule has 164 valence electrons. The summed E-state index contributed by atoms with van der Waals surface area (Å²) in [6.45, 7) is 9.46. The van der Waals surface area contributed by atoms with Crippen LogP contribution in [0.2, 0.25) is 0 Å². The van der Waals surface area contributed by atoms with Crippen LogP contribution in [0.15, 0.2) is 30.1 Å². The predicted molar refractivity (Wildman–Crippen MR) is 120 cm³/mol. The highest BCUT2D eigenvalue weighted by Gasteiger charge is 2.59. The van der Waals surface area contributed by atoms with E-state index in [9.17, 15) is 5.11 Å². The lowest BCUT2D eigenvalue weighted by Gasteiger charge is -2.58. The summed E-state index contributed by atoms with van der Waals surface area (Å²) in [5.74, 6) is 3.96. The Morgan fingerprint density at radius 3 is 2.73 bits per heavy atom. The lowest BCUT2D eigenvalue weighted by atomic mass is 9.47. The van der Waals surface area contributed by atoms with Gasteiger partial charge in [0.2, 0.25) is 0 Å². The van der Waals surface area contributed by atoms with E-state index in [0.29, 0.717) is 16.7 Å². The molecule has 0 aromatic carbocycles. The zero-order valence-electron chi connectivity index (χ0n) is 19.2. The number of aromatic nitrogens is 1. The first-order valence-corrected chi connectivity index (χ1v) is 12.3. The summed E-state index contributed by atoms with van der Waals surface area (Å²) in [6, 6.07) is 2.11. The van der Waals surface area contributed by atoms with Gasteiger partial charge in [-0.15, -0.1) is 0 Å². The first-order chi connectivity index (χ1) is 14.3. The second-order valence-electron chi connectivity index (χ2n) is 11.4.